The minimum atomic E-state index is -2.10. The molecule has 1 aromatic rings. The summed E-state index contributed by atoms with van der Waals surface area (Å²) in [5, 5.41) is 21.4. The maximum Gasteiger partial charge on any atom is 0.338 e. The molecular formula is C32H36FNO10. The molecule has 0 bridgehead atoms. The number of carbonyl (C=O) groups excluding carboxylic acids is 3. The van der Waals surface area contributed by atoms with Gasteiger partial charge < -0.3 is 24.2 Å². The van der Waals surface area contributed by atoms with Crippen molar-refractivity contribution in [2.24, 2.45) is 22.7 Å². The van der Waals surface area contributed by atoms with Crippen LogP contribution in [0.3, 0.4) is 0 Å². The zero-order valence-electron chi connectivity index (χ0n) is 25.0. The van der Waals surface area contributed by atoms with E-state index in [1.54, 1.807) is 39.0 Å². The molecule has 6 rings (SSSR count). The zero-order valence-corrected chi connectivity index (χ0v) is 25.0. The van der Waals surface area contributed by atoms with Crippen LogP contribution in [0.4, 0.5) is 4.39 Å². The van der Waals surface area contributed by atoms with Crippen LogP contribution >= 0.6 is 0 Å². The highest BCUT2D eigenvalue weighted by Crippen LogP contribution is 2.72. The van der Waals surface area contributed by atoms with E-state index in [-0.39, 0.29) is 23.3 Å². The van der Waals surface area contributed by atoms with E-state index in [1.807, 2.05) is 6.92 Å². The van der Waals surface area contributed by atoms with Crippen LogP contribution < -0.4 is 0 Å². The van der Waals surface area contributed by atoms with E-state index in [4.69, 9.17) is 14.2 Å². The lowest BCUT2D eigenvalue weighted by Gasteiger charge is -2.62. The summed E-state index contributed by atoms with van der Waals surface area (Å²) in [5.74, 6) is -3.94. The molecule has 1 aromatic carbocycles. The number of halogens is 1. The summed E-state index contributed by atoms with van der Waals surface area (Å²) >= 11 is 0. The van der Waals surface area contributed by atoms with Crippen molar-refractivity contribution in [3.63, 3.8) is 0 Å². The van der Waals surface area contributed by atoms with Gasteiger partial charge in [-0.25, -0.2) is 9.18 Å². The predicted octanol–water partition coefficient (Wildman–Crippen LogP) is 3.99. The molecule has 1 saturated heterocycles. The number of esters is 1. The van der Waals surface area contributed by atoms with Crippen LogP contribution in [0.5, 0.6) is 0 Å². The Labute approximate surface area is 253 Å². The number of rotatable bonds is 7. The fraction of sp³-hybridized carbons (Fsp3) is 0.594. The molecule has 12 heteroatoms. The molecule has 44 heavy (non-hydrogen) atoms. The van der Waals surface area contributed by atoms with Crippen LogP contribution in [0.2, 0.25) is 0 Å². The normalized spacial score (nSPS) is 39.8. The number of fused-ring (bicyclic) bond motifs is 7. The number of benzene rings is 1. The number of allylic oxidation sites excluding steroid dienone is 4. The molecule has 0 aromatic heterocycles. The molecule has 8 atom stereocenters. The van der Waals surface area contributed by atoms with Crippen molar-refractivity contribution in [2.75, 3.05) is 6.61 Å². The minimum absolute atomic E-state index is 0.00394. The zero-order chi connectivity index (χ0) is 31.9. The number of aliphatic hydroxyl groups is 1. The smallest absolute Gasteiger partial charge is 0.338 e. The number of ether oxygens (including phenoxy) is 3. The molecule has 0 amide bonds. The molecule has 1 heterocycles. The Morgan fingerprint density at radius 1 is 1.18 bits per heavy atom. The number of Topliss-reactive ketones (excluding diaryl/α,β-unsaturated/α-hetero) is 1. The largest absolute Gasteiger partial charge is 0.454 e. The van der Waals surface area contributed by atoms with Gasteiger partial charge in [0.1, 0.15) is 6.61 Å². The number of nitrogens with zero attached hydrogens (tertiary/aromatic N) is 1. The van der Waals surface area contributed by atoms with Crippen molar-refractivity contribution in [2.45, 2.75) is 89.2 Å². The van der Waals surface area contributed by atoms with Crippen molar-refractivity contribution in [1.29, 1.82) is 0 Å². The third-order valence-electron chi connectivity index (χ3n) is 10.9. The number of hydrogen-bond donors (Lipinski definition) is 1. The SMILES string of the molecule is CC1(C)O[C@@H]2CC3C4CCC5=CC(=O)C=C[C@]5(C)[C@@]4(F)[C@@H](O)C[C@]3(C)[C@]2(C(=O)COC(=O)c2ccccc2CO[N+](=O)[O-])O1. The minimum Gasteiger partial charge on any atom is -0.454 e. The summed E-state index contributed by atoms with van der Waals surface area (Å²) in [6, 6.07) is 6.03. The number of carbonyl (C=O) groups is 3. The number of alkyl halides is 1. The second-order valence-electron chi connectivity index (χ2n) is 13.5. The van der Waals surface area contributed by atoms with E-state index in [9.17, 15) is 29.6 Å². The van der Waals surface area contributed by atoms with E-state index >= 15 is 4.39 Å². The van der Waals surface area contributed by atoms with E-state index in [2.05, 4.69) is 4.84 Å². The molecular weight excluding hydrogens is 577 g/mol. The Morgan fingerprint density at radius 3 is 2.64 bits per heavy atom. The van der Waals surface area contributed by atoms with Gasteiger partial charge in [0.2, 0.25) is 5.78 Å². The molecule has 0 radical (unpaired) electrons. The first-order valence-corrected chi connectivity index (χ1v) is 14.8. The van der Waals surface area contributed by atoms with Crippen LogP contribution in [-0.2, 0) is 35.2 Å². The van der Waals surface area contributed by atoms with Crippen molar-refractivity contribution >= 4 is 17.5 Å². The fourth-order valence-electron chi connectivity index (χ4n) is 9.09. The van der Waals surface area contributed by atoms with Crippen LogP contribution in [0, 0.1) is 32.8 Å². The second-order valence-corrected chi connectivity index (χ2v) is 13.5. The first kappa shape index (κ1) is 30.5. The monoisotopic (exact) mass is 613 g/mol. The number of ketones is 2. The fourth-order valence-corrected chi connectivity index (χ4v) is 9.09. The molecule has 4 aliphatic carbocycles. The lowest BCUT2D eigenvalue weighted by atomic mass is 9.44. The summed E-state index contributed by atoms with van der Waals surface area (Å²) in [7, 11) is 0. The molecule has 11 nitrogen and oxygen atoms in total. The molecule has 4 fully saturated rings. The van der Waals surface area contributed by atoms with E-state index in [1.165, 1.54) is 24.3 Å². The quantitative estimate of drug-likeness (QED) is 0.272. The van der Waals surface area contributed by atoms with Crippen LogP contribution in [0.25, 0.3) is 0 Å². The molecule has 1 N–H and O–H groups in total. The van der Waals surface area contributed by atoms with Gasteiger partial charge >= 0.3 is 5.97 Å². The maximum absolute atomic E-state index is 17.6. The lowest BCUT2D eigenvalue weighted by molar-refractivity contribution is -0.763. The Balaban J connectivity index is 1.31. The predicted molar refractivity (Wildman–Crippen MR) is 150 cm³/mol. The first-order chi connectivity index (χ1) is 20.6. The summed E-state index contributed by atoms with van der Waals surface area (Å²) in [6.07, 6.45) is 3.13. The van der Waals surface area contributed by atoms with Crippen LogP contribution in [0.1, 0.15) is 69.3 Å². The highest BCUT2D eigenvalue weighted by Gasteiger charge is 2.80. The van der Waals surface area contributed by atoms with Crippen molar-refractivity contribution < 1.29 is 48.0 Å². The van der Waals surface area contributed by atoms with Crippen molar-refractivity contribution in [3.8, 4) is 0 Å². The van der Waals surface area contributed by atoms with Gasteiger partial charge in [0, 0.05) is 16.7 Å². The molecule has 236 valence electrons. The molecule has 2 unspecified atom stereocenters. The van der Waals surface area contributed by atoms with E-state index < -0.39 is 82.0 Å². The van der Waals surface area contributed by atoms with Gasteiger partial charge in [-0.3, -0.25) is 9.59 Å². The van der Waals surface area contributed by atoms with Gasteiger partial charge in [0.05, 0.1) is 17.8 Å². The number of hydrogen-bond acceptors (Lipinski definition) is 10. The summed E-state index contributed by atoms with van der Waals surface area (Å²) < 4.78 is 35.8. The van der Waals surface area contributed by atoms with Crippen molar-refractivity contribution in [1.82, 2.24) is 0 Å². The molecule has 1 aliphatic heterocycles. The highest BCUT2D eigenvalue weighted by atomic mass is 19.1. The average molecular weight is 614 g/mol. The summed E-state index contributed by atoms with van der Waals surface area (Å²) in [4.78, 5) is 54.6. The van der Waals surface area contributed by atoms with E-state index in [0.717, 1.165) is 0 Å². The number of aliphatic hydroxyl groups excluding tert-OH is 1. The van der Waals surface area contributed by atoms with Crippen LogP contribution in [-0.4, -0.2) is 63.6 Å². The third kappa shape index (κ3) is 4.13. The lowest BCUT2D eigenvalue weighted by Crippen LogP contribution is -2.70. The molecule has 0 spiro atoms. The summed E-state index contributed by atoms with van der Waals surface area (Å²) in [5.41, 5.74) is -5.16. The Hall–Kier alpha value is -3.48. The Kier molecular flexibility index (Phi) is 6.95. The van der Waals surface area contributed by atoms with Gasteiger partial charge in [0.25, 0.3) is 5.09 Å². The maximum atomic E-state index is 17.6. The van der Waals surface area contributed by atoms with Gasteiger partial charge in [-0.2, -0.15) is 0 Å². The Morgan fingerprint density at radius 2 is 1.91 bits per heavy atom. The topological polar surface area (TPSA) is 152 Å². The first-order valence-electron chi connectivity index (χ1n) is 14.8. The van der Waals surface area contributed by atoms with Crippen molar-refractivity contribution in [3.05, 3.63) is 69.3 Å². The molecule has 3 saturated carbocycles. The third-order valence-corrected chi connectivity index (χ3v) is 10.9. The van der Waals surface area contributed by atoms with Gasteiger partial charge in [-0.1, -0.05) is 36.8 Å². The summed E-state index contributed by atoms with van der Waals surface area (Å²) in [6.45, 7) is 5.73. The average Bonchev–Trinajstić information content (AvgIpc) is 3.37. The van der Waals surface area contributed by atoms with Gasteiger partial charge in [-0.15, -0.1) is 10.1 Å². The van der Waals surface area contributed by atoms with Gasteiger partial charge in [0.15, 0.2) is 29.4 Å². The standard InChI is InChI=1S/C32H36FNO10/c1-28(2)43-26-14-23-22-10-9-19-13-20(35)11-12-29(19,3)31(22,33)24(36)15-30(23,4)32(26,44-28)25(37)17-41-27(38)21-8-6-5-7-18(21)16-42-34(39)40/h5-8,11-13,22-24,26,36H,9-10,14-17H2,1-4H3/t22?,23?,24-,26+,29-,30-,31-,32+/m0/s1. The van der Waals surface area contributed by atoms with E-state index in [0.29, 0.717) is 24.8 Å². The second kappa shape index (κ2) is 10.0. The van der Waals surface area contributed by atoms with Crippen LogP contribution in [0.15, 0.2) is 48.1 Å². The van der Waals surface area contributed by atoms with Gasteiger partial charge in [-0.05, 0) is 76.2 Å². The highest BCUT2D eigenvalue weighted by molar-refractivity contribution is 6.01. The Bertz CT molecular complexity index is 1510. The molecule has 5 aliphatic rings.